The van der Waals surface area contributed by atoms with Crippen LogP contribution in [0.25, 0.3) is 0 Å². The van der Waals surface area contributed by atoms with Crippen LogP contribution in [0.4, 0.5) is 10.5 Å². The lowest BCUT2D eigenvalue weighted by atomic mass is 10.0. The Morgan fingerprint density at radius 3 is 2.22 bits per heavy atom. The van der Waals surface area contributed by atoms with E-state index in [1.54, 1.807) is 18.2 Å². The fourth-order valence-electron chi connectivity index (χ4n) is 1.40. The summed E-state index contributed by atoms with van der Waals surface area (Å²) in [6.45, 7) is 2.97. The maximum absolute atomic E-state index is 11.3. The van der Waals surface area contributed by atoms with Crippen LogP contribution in [-0.2, 0) is 0 Å². The molecular weight excluding hydrogens is 320 g/mol. The maximum Gasteiger partial charge on any atom is 0.213 e. The number of amides is 1. The number of hydrogen-bond donors (Lipinski definition) is 0. The van der Waals surface area contributed by atoms with Gasteiger partial charge in [0.25, 0.3) is 0 Å². The Morgan fingerprint density at radius 2 is 1.83 bits per heavy atom. The highest BCUT2D eigenvalue weighted by Gasteiger charge is 2.46. The minimum absolute atomic E-state index is 0.277. The Morgan fingerprint density at radius 1 is 1.28 bits per heavy atom. The van der Waals surface area contributed by atoms with Crippen LogP contribution in [0.1, 0.15) is 13.8 Å². The zero-order valence-electron chi connectivity index (χ0n) is 9.58. The first kappa shape index (κ1) is 15.7. The molecule has 1 aromatic rings. The van der Waals surface area contributed by atoms with E-state index in [0.717, 1.165) is 4.90 Å². The zero-order valence-corrected chi connectivity index (χ0v) is 12.6. The highest BCUT2D eigenvalue weighted by atomic mass is 35.6. The third-order valence-electron chi connectivity index (χ3n) is 2.50. The second kappa shape index (κ2) is 5.33. The van der Waals surface area contributed by atoms with E-state index >= 15 is 0 Å². The third kappa shape index (κ3) is 3.15. The van der Waals surface area contributed by atoms with E-state index in [4.69, 9.17) is 46.4 Å². The van der Waals surface area contributed by atoms with Gasteiger partial charge in [0.1, 0.15) is 6.09 Å². The highest BCUT2D eigenvalue weighted by molar-refractivity contribution is 6.68. The number of carbonyl (C=O) groups is 1. The predicted octanol–water partition coefficient (Wildman–Crippen LogP) is 3.64. The summed E-state index contributed by atoms with van der Waals surface area (Å²) >= 11 is 23.3. The van der Waals surface area contributed by atoms with Crippen LogP contribution in [0.3, 0.4) is 0 Å². The van der Waals surface area contributed by atoms with Gasteiger partial charge in [-0.1, -0.05) is 52.5 Å². The lowest BCUT2D eigenvalue weighted by Gasteiger charge is -2.44. The molecule has 0 spiro atoms. The van der Waals surface area contributed by atoms with E-state index in [-0.39, 0.29) is 5.69 Å². The molecule has 1 rings (SSSR count). The first-order valence-corrected chi connectivity index (χ1v) is 6.42. The second-order valence-electron chi connectivity index (χ2n) is 4.14. The maximum atomic E-state index is 11.3. The Hall–Kier alpha value is -0.350. The van der Waals surface area contributed by atoms with Gasteiger partial charge in [-0.15, -0.1) is 0 Å². The molecule has 100 valence electrons. The Bertz CT molecular complexity index is 457. The summed E-state index contributed by atoms with van der Waals surface area (Å²) in [6, 6.07) is 6.21. The molecule has 7 heteroatoms. The average molecular weight is 330 g/mol. The number of rotatable bonds is 2. The SMILES string of the molecule is CC(C)(N(C(=O)[O-])c1cccc(Cl)c1)C(Cl)(Cl)Cl. The van der Waals surface area contributed by atoms with Crippen LogP contribution in [-0.4, -0.2) is 15.4 Å². The lowest BCUT2D eigenvalue weighted by molar-refractivity contribution is -0.247. The van der Waals surface area contributed by atoms with Crippen molar-refractivity contribution in [3.05, 3.63) is 29.3 Å². The highest BCUT2D eigenvalue weighted by Crippen LogP contribution is 2.43. The summed E-state index contributed by atoms with van der Waals surface area (Å²) in [7, 11) is 0. The molecule has 18 heavy (non-hydrogen) atoms. The summed E-state index contributed by atoms with van der Waals surface area (Å²) in [4.78, 5) is 12.2. The molecule has 0 fully saturated rings. The molecule has 1 amide bonds. The van der Waals surface area contributed by atoms with Crippen LogP contribution < -0.4 is 10.0 Å². The van der Waals surface area contributed by atoms with Crippen molar-refractivity contribution in [1.29, 1.82) is 0 Å². The van der Waals surface area contributed by atoms with Gasteiger partial charge in [-0.05, 0) is 32.0 Å². The van der Waals surface area contributed by atoms with Crippen molar-refractivity contribution in [3.8, 4) is 0 Å². The van der Waals surface area contributed by atoms with E-state index in [9.17, 15) is 9.90 Å². The fraction of sp³-hybridized carbons (Fsp3) is 0.364. The molecule has 0 saturated heterocycles. The number of carboxylic acid groups (broad SMARTS) is 1. The molecular formula is C11H10Cl4NO2-. The lowest BCUT2D eigenvalue weighted by Crippen LogP contribution is -2.59. The van der Waals surface area contributed by atoms with Crippen molar-refractivity contribution in [1.82, 2.24) is 0 Å². The zero-order chi connectivity index (χ0) is 14.1. The van der Waals surface area contributed by atoms with Gasteiger partial charge in [0.2, 0.25) is 3.79 Å². The number of hydrogen-bond acceptors (Lipinski definition) is 2. The van der Waals surface area contributed by atoms with Crippen molar-refractivity contribution in [2.75, 3.05) is 4.90 Å². The van der Waals surface area contributed by atoms with Gasteiger partial charge >= 0.3 is 0 Å². The second-order valence-corrected chi connectivity index (χ2v) is 6.86. The van der Waals surface area contributed by atoms with E-state index in [2.05, 4.69) is 0 Å². The van der Waals surface area contributed by atoms with Crippen LogP contribution in [0, 0.1) is 0 Å². The van der Waals surface area contributed by atoms with E-state index in [1.165, 1.54) is 19.9 Å². The minimum atomic E-state index is -1.82. The first-order chi connectivity index (χ1) is 8.07. The number of anilines is 1. The number of halogens is 4. The Kier molecular flexibility index (Phi) is 4.65. The van der Waals surface area contributed by atoms with Gasteiger partial charge in [-0.3, -0.25) is 0 Å². The quantitative estimate of drug-likeness (QED) is 0.777. The number of nitrogens with zero attached hydrogens (tertiary/aromatic N) is 1. The number of alkyl halides is 3. The molecule has 0 saturated carbocycles. The van der Waals surface area contributed by atoms with E-state index < -0.39 is 15.4 Å². The van der Waals surface area contributed by atoms with Crippen molar-refractivity contribution >= 4 is 58.2 Å². The number of carbonyl (C=O) groups excluding carboxylic acids is 1. The largest absolute Gasteiger partial charge is 0.530 e. The Balaban J connectivity index is 3.32. The summed E-state index contributed by atoms with van der Waals surface area (Å²) in [5.74, 6) is 0. The van der Waals surface area contributed by atoms with Crippen LogP contribution >= 0.6 is 46.4 Å². The van der Waals surface area contributed by atoms with Crippen molar-refractivity contribution in [3.63, 3.8) is 0 Å². The van der Waals surface area contributed by atoms with Crippen molar-refractivity contribution in [2.24, 2.45) is 0 Å². The third-order valence-corrected chi connectivity index (χ3v) is 4.12. The van der Waals surface area contributed by atoms with Crippen LogP contribution in [0.15, 0.2) is 24.3 Å². The molecule has 0 unspecified atom stereocenters. The summed E-state index contributed by atoms with van der Waals surface area (Å²) in [5, 5.41) is 11.7. The summed E-state index contributed by atoms with van der Waals surface area (Å²) in [6.07, 6.45) is -1.48. The molecule has 0 bridgehead atoms. The average Bonchev–Trinajstić information content (AvgIpc) is 2.14. The molecule has 0 aromatic heterocycles. The molecule has 0 radical (unpaired) electrons. The summed E-state index contributed by atoms with van der Waals surface area (Å²) < 4.78 is -1.82. The molecule has 3 nitrogen and oxygen atoms in total. The standard InChI is InChI=1S/C11H11Cl4NO2/c1-10(2,11(13,14)15)16(9(17)18)8-5-3-4-7(12)6-8/h3-6H,1-2H3,(H,17,18)/p-1. The van der Waals surface area contributed by atoms with Gasteiger partial charge in [0.05, 0.1) is 5.54 Å². The first-order valence-electron chi connectivity index (χ1n) is 4.91. The molecule has 0 aliphatic carbocycles. The van der Waals surface area contributed by atoms with Gasteiger partial charge in [0, 0.05) is 10.7 Å². The fourth-order valence-corrected chi connectivity index (χ4v) is 1.84. The monoisotopic (exact) mass is 328 g/mol. The van der Waals surface area contributed by atoms with Gasteiger partial charge < -0.3 is 14.8 Å². The van der Waals surface area contributed by atoms with Gasteiger partial charge in [0.15, 0.2) is 0 Å². The van der Waals surface area contributed by atoms with Crippen LogP contribution in [0.5, 0.6) is 0 Å². The molecule has 1 aromatic carbocycles. The number of benzene rings is 1. The minimum Gasteiger partial charge on any atom is -0.530 e. The van der Waals surface area contributed by atoms with Gasteiger partial charge in [-0.2, -0.15) is 0 Å². The van der Waals surface area contributed by atoms with Gasteiger partial charge in [-0.25, -0.2) is 0 Å². The van der Waals surface area contributed by atoms with E-state index in [0.29, 0.717) is 5.02 Å². The Labute approximate surface area is 125 Å². The normalized spacial score (nSPS) is 12.3. The van der Waals surface area contributed by atoms with Crippen molar-refractivity contribution in [2.45, 2.75) is 23.2 Å². The predicted molar refractivity (Wildman–Crippen MR) is 73.7 cm³/mol. The van der Waals surface area contributed by atoms with Crippen molar-refractivity contribution < 1.29 is 9.90 Å². The molecule has 0 N–H and O–H groups in total. The molecule has 0 aliphatic rings. The topological polar surface area (TPSA) is 43.4 Å². The van der Waals surface area contributed by atoms with Crippen LogP contribution in [0.2, 0.25) is 5.02 Å². The van der Waals surface area contributed by atoms with E-state index in [1.807, 2.05) is 0 Å². The molecule has 0 heterocycles. The summed E-state index contributed by atoms with van der Waals surface area (Å²) in [5.41, 5.74) is -1.04. The smallest absolute Gasteiger partial charge is 0.213 e. The molecule has 0 aliphatic heterocycles. The molecule has 0 atom stereocenters.